The van der Waals surface area contributed by atoms with Crippen molar-refractivity contribution in [2.45, 2.75) is 43.7 Å². The zero-order chi connectivity index (χ0) is 17.9. The van der Waals surface area contributed by atoms with Gasteiger partial charge in [0.1, 0.15) is 12.2 Å². The molecule has 0 aromatic rings. The van der Waals surface area contributed by atoms with Crippen molar-refractivity contribution in [3.05, 3.63) is 36.5 Å². The summed E-state index contributed by atoms with van der Waals surface area (Å²) in [6.07, 6.45) is 1.49. The highest BCUT2D eigenvalue weighted by molar-refractivity contribution is 5.91. The molecular formula is C17H20O7. The van der Waals surface area contributed by atoms with Crippen LogP contribution in [0, 0.1) is 11.8 Å². The van der Waals surface area contributed by atoms with Gasteiger partial charge in [0.25, 0.3) is 0 Å². The largest absolute Gasteiger partial charge is 0.461 e. The number of rotatable bonds is 2. The SMILES string of the molecule is C=C1C(=O)OC2C1C(OC(C)=O)CC(=C)C1(OO)C=CC(C)(O)C21. The predicted octanol–water partition coefficient (Wildman–Crippen LogP) is 1.14. The molecule has 0 radical (unpaired) electrons. The van der Waals surface area contributed by atoms with Crippen LogP contribution in [0.4, 0.5) is 0 Å². The van der Waals surface area contributed by atoms with E-state index in [0.717, 1.165) is 0 Å². The van der Waals surface area contributed by atoms with Crippen LogP contribution in [0.15, 0.2) is 36.5 Å². The standard InChI is InChI=1S/C17H20O7/c1-8-7-11(22-10(3)18)12-9(2)15(19)23-13(12)14-16(4,20)5-6-17(8,14)24-21/h5-6,11-14,20-21H,1-2,7H2,3-4H3. The van der Waals surface area contributed by atoms with Gasteiger partial charge in [-0.3, -0.25) is 10.1 Å². The molecule has 3 aliphatic rings. The van der Waals surface area contributed by atoms with Crippen LogP contribution in [-0.4, -0.2) is 45.7 Å². The highest BCUT2D eigenvalue weighted by atomic mass is 17.1. The Balaban J connectivity index is 2.15. The first-order valence-electron chi connectivity index (χ1n) is 7.64. The number of carbonyl (C=O) groups excluding carboxylic acids is 2. The highest BCUT2D eigenvalue weighted by Gasteiger charge is 2.65. The van der Waals surface area contributed by atoms with Gasteiger partial charge in [0.2, 0.25) is 0 Å². The van der Waals surface area contributed by atoms with Gasteiger partial charge in [-0.15, -0.1) is 0 Å². The van der Waals surface area contributed by atoms with Crippen molar-refractivity contribution in [2.75, 3.05) is 0 Å². The summed E-state index contributed by atoms with van der Waals surface area (Å²) < 4.78 is 10.8. The Morgan fingerprint density at radius 3 is 2.67 bits per heavy atom. The molecule has 7 nitrogen and oxygen atoms in total. The van der Waals surface area contributed by atoms with Gasteiger partial charge in [-0.1, -0.05) is 19.2 Å². The van der Waals surface area contributed by atoms with Gasteiger partial charge in [0.15, 0.2) is 5.60 Å². The number of carbonyl (C=O) groups is 2. The first-order chi connectivity index (χ1) is 11.1. The predicted molar refractivity (Wildman–Crippen MR) is 81.5 cm³/mol. The van der Waals surface area contributed by atoms with Crippen LogP contribution in [-0.2, 0) is 24.0 Å². The smallest absolute Gasteiger partial charge is 0.334 e. The Labute approximate surface area is 139 Å². The van der Waals surface area contributed by atoms with Crippen LogP contribution in [0.5, 0.6) is 0 Å². The zero-order valence-corrected chi connectivity index (χ0v) is 13.5. The van der Waals surface area contributed by atoms with Gasteiger partial charge >= 0.3 is 11.9 Å². The number of ether oxygens (including phenoxy) is 2. The Kier molecular flexibility index (Phi) is 3.71. The monoisotopic (exact) mass is 336 g/mol. The molecule has 2 N–H and O–H groups in total. The first kappa shape index (κ1) is 16.9. The molecule has 0 aromatic heterocycles. The third-order valence-corrected chi connectivity index (χ3v) is 5.22. The van der Waals surface area contributed by atoms with Gasteiger partial charge in [-0.05, 0) is 18.6 Å². The minimum atomic E-state index is -1.44. The number of hydrogen-bond acceptors (Lipinski definition) is 7. The van der Waals surface area contributed by atoms with Crippen molar-refractivity contribution in [2.24, 2.45) is 11.8 Å². The molecule has 3 rings (SSSR count). The summed E-state index contributed by atoms with van der Waals surface area (Å²) in [5, 5.41) is 20.4. The number of aliphatic hydroxyl groups is 1. The summed E-state index contributed by atoms with van der Waals surface area (Å²) in [6.45, 7) is 10.5. The molecule has 7 heteroatoms. The fourth-order valence-corrected chi connectivity index (χ4v) is 4.18. The minimum absolute atomic E-state index is 0.133. The van der Waals surface area contributed by atoms with Crippen molar-refractivity contribution in [1.82, 2.24) is 0 Å². The van der Waals surface area contributed by atoms with Crippen molar-refractivity contribution < 1.29 is 34.3 Å². The maximum atomic E-state index is 12.1. The fourth-order valence-electron chi connectivity index (χ4n) is 4.18. The average molecular weight is 336 g/mol. The average Bonchev–Trinajstić information content (AvgIpc) is 2.88. The van der Waals surface area contributed by atoms with E-state index in [1.54, 1.807) is 0 Å². The zero-order valence-electron chi connectivity index (χ0n) is 13.5. The van der Waals surface area contributed by atoms with E-state index in [0.29, 0.717) is 5.57 Å². The summed E-state index contributed by atoms with van der Waals surface area (Å²) >= 11 is 0. The van der Waals surface area contributed by atoms with Crippen molar-refractivity contribution in [3.63, 3.8) is 0 Å². The van der Waals surface area contributed by atoms with Gasteiger partial charge in [-0.25, -0.2) is 9.68 Å². The van der Waals surface area contributed by atoms with Crippen LogP contribution in [0.25, 0.3) is 0 Å². The van der Waals surface area contributed by atoms with E-state index in [1.165, 1.54) is 26.0 Å². The van der Waals surface area contributed by atoms with Gasteiger partial charge in [0, 0.05) is 18.9 Å². The van der Waals surface area contributed by atoms with E-state index >= 15 is 0 Å². The van der Waals surface area contributed by atoms with Gasteiger partial charge in [0.05, 0.1) is 17.4 Å². The van der Waals surface area contributed by atoms with E-state index in [1.807, 2.05) is 0 Å². The van der Waals surface area contributed by atoms with Crippen molar-refractivity contribution in [3.8, 4) is 0 Å². The second-order valence-corrected chi connectivity index (χ2v) is 6.80. The summed E-state index contributed by atoms with van der Waals surface area (Å²) in [6, 6.07) is 0. The molecule has 6 unspecified atom stereocenters. The topological polar surface area (TPSA) is 102 Å². The third kappa shape index (κ3) is 2.16. The molecule has 1 aliphatic heterocycles. The third-order valence-electron chi connectivity index (χ3n) is 5.22. The van der Waals surface area contributed by atoms with E-state index in [9.17, 15) is 20.0 Å². The lowest BCUT2D eigenvalue weighted by atomic mass is 9.73. The fraction of sp³-hybridized carbons (Fsp3) is 0.529. The molecule has 24 heavy (non-hydrogen) atoms. The molecule has 1 heterocycles. The summed E-state index contributed by atoms with van der Waals surface area (Å²) in [5.41, 5.74) is -2.29. The molecule has 0 amide bonds. The minimum Gasteiger partial charge on any atom is -0.461 e. The van der Waals surface area contributed by atoms with Gasteiger partial charge < -0.3 is 14.6 Å². The molecular weight excluding hydrogens is 316 g/mol. The molecule has 0 bridgehead atoms. The Bertz CT molecular complexity index is 662. The molecule has 130 valence electrons. The lowest BCUT2D eigenvalue weighted by molar-refractivity contribution is -0.320. The molecule has 0 spiro atoms. The lowest BCUT2D eigenvalue weighted by Crippen LogP contribution is -2.52. The summed E-state index contributed by atoms with van der Waals surface area (Å²) in [5.74, 6) is -2.65. The Morgan fingerprint density at radius 2 is 2.08 bits per heavy atom. The van der Waals surface area contributed by atoms with Crippen LogP contribution >= 0.6 is 0 Å². The van der Waals surface area contributed by atoms with Crippen LogP contribution in [0.1, 0.15) is 20.3 Å². The second kappa shape index (κ2) is 5.27. The molecule has 0 aromatic carbocycles. The van der Waals surface area contributed by atoms with Crippen molar-refractivity contribution in [1.29, 1.82) is 0 Å². The van der Waals surface area contributed by atoms with E-state index in [-0.39, 0.29) is 12.0 Å². The lowest BCUT2D eigenvalue weighted by Gasteiger charge is -2.39. The summed E-state index contributed by atoms with van der Waals surface area (Å²) in [7, 11) is 0. The quantitative estimate of drug-likeness (QED) is 0.256. The van der Waals surface area contributed by atoms with Gasteiger partial charge in [-0.2, -0.15) is 0 Å². The van der Waals surface area contributed by atoms with Crippen LogP contribution in [0.2, 0.25) is 0 Å². The van der Waals surface area contributed by atoms with Crippen LogP contribution in [0.3, 0.4) is 0 Å². The highest BCUT2D eigenvalue weighted by Crippen LogP contribution is 2.55. The maximum absolute atomic E-state index is 12.1. The van der Waals surface area contributed by atoms with Crippen molar-refractivity contribution >= 4 is 11.9 Å². The van der Waals surface area contributed by atoms with E-state index in [2.05, 4.69) is 13.2 Å². The van der Waals surface area contributed by atoms with Crippen LogP contribution < -0.4 is 0 Å². The molecule has 1 saturated heterocycles. The normalized spacial score (nSPS) is 43.9. The number of fused-ring (bicyclic) bond motifs is 3. The number of esters is 2. The molecule has 2 aliphatic carbocycles. The first-order valence-corrected chi connectivity index (χ1v) is 7.64. The molecule has 1 saturated carbocycles. The maximum Gasteiger partial charge on any atom is 0.334 e. The Morgan fingerprint density at radius 1 is 1.42 bits per heavy atom. The number of hydrogen-bond donors (Lipinski definition) is 2. The summed E-state index contributed by atoms with van der Waals surface area (Å²) in [4.78, 5) is 28.3. The Hall–Kier alpha value is -1.96. The van der Waals surface area contributed by atoms with E-state index < -0.39 is 47.2 Å². The molecule has 2 fully saturated rings. The molecule has 6 atom stereocenters. The van der Waals surface area contributed by atoms with E-state index in [4.69, 9.17) is 14.4 Å². The second-order valence-electron chi connectivity index (χ2n) is 6.80.